The number of likely N-dealkylation sites (tertiary alicyclic amines) is 1. The summed E-state index contributed by atoms with van der Waals surface area (Å²) in [6.07, 6.45) is 2.80. The Hall–Kier alpha value is -0.570. The monoisotopic (exact) mass is 183 g/mol. The van der Waals surface area contributed by atoms with E-state index in [1.807, 2.05) is 4.90 Å². The molecule has 0 unspecified atom stereocenters. The van der Waals surface area contributed by atoms with Gasteiger partial charge in [0.15, 0.2) is 0 Å². The molecule has 0 aromatic rings. The van der Waals surface area contributed by atoms with Crippen LogP contribution in [0.15, 0.2) is 0 Å². The number of aliphatic hydroxyl groups excluding tert-OH is 1. The number of nitrogens with zero attached hydrogens (tertiary/aromatic N) is 1. The van der Waals surface area contributed by atoms with E-state index in [-0.39, 0.29) is 12.0 Å². The van der Waals surface area contributed by atoms with Crippen molar-refractivity contribution in [2.45, 2.75) is 32.3 Å². The molecule has 0 spiro atoms. The maximum atomic E-state index is 11.6. The number of amides is 1. The normalized spacial score (nSPS) is 33.8. The molecule has 1 amide bonds. The van der Waals surface area contributed by atoms with Gasteiger partial charge in [-0.05, 0) is 19.3 Å². The first-order valence-electron chi connectivity index (χ1n) is 5.19. The van der Waals surface area contributed by atoms with Crippen LogP contribution >= 0.6 is 0 Å². The second-order valence-electron chi connectivity index (χ2n) is 4.25. The molecule has 0 aromatic carbocycles. The van der Waals surface area contributed by atoms with Gasteiger partial charge >= 0.3 is 0 Å². The first-order chi connectivity index (χ1) is 6.22. The molecule has 1 saturated carbocycles. The zero-order valence-corrected chi connectivity index (χ0v) is 8.07. The van der Waals surface area contributed by atoms with Crippen molar-refractivity contribution in [2.24, 2.45) is 11.8 Å². The highest BCUT2D eigenvalue weighted by atomic mass is 16.3. The van der Waals surface area contributed by atoms with Gasteiger partial charge in [0.05, 0.1) is 6.10 Å². The number of β-amino-alcohol motifs (C(OH)–C–C–N with tert-alkyl or cyclic N) is 1. The van der Waals surface area contributed by atoms with Gasteiger partial charge in [0, 0.05) is 24.9 Å². The molecule has 1 heterocycles. The van der Waals surface area contributed by atoms with Crippen LogP contribution in [0.25, 0.3) is 0 Å². The molecule has 13 heavy (non-hydrogen) atoms. The van der Waals surface area contributed by atoms with Crippen molar-refractivity contribution >= 4 is 5.91 Å². The molecule has 0 bridgehead atoms. The van der Waals surface area contributed by atoms with E-state index in [0.29, 0.717) is 18.4 Å². The topological polar surface area (TPSA) is 40.5 Å². The van der Waals surface area contributed by atoms with Crippen molar-refractivity contribution in [3.8, 4) is 0 Å². The van der Waals surface area contributed by atoms with Crippen molar-refractivity contribution in [3.05, 3.63) is 0 Å². The van der Waals surface area contributed by atoms with E-state index < -0.39 is 0 Å². The summed E-state index contributed by atoms with van der Waals surface area (Å²) < 4.78 is 0. The second kappa shape index (κ2) is 3.29. The average Bonchev–Trinajstić information content (AvgIpc) is 2.89. The molecule has 1 N–H and O–H groups in total. The van der Waals surface area contributed by atoms with Crippen LogP contribution in [0, 0.1) is 11.8 Å². The molecule has 2 fully saturated rings. The molecule has 2 rings (SSSR count). The molecular formula is C10H17NO2. The van der Waals surface area contributed by atoms with Crippen LogP contribution in [-0.2, 0) is 4.79 Å². The Kier molecular flexibility index (Phi) is 2.28. The summed E-state index contributed by atoms with van der Waals surface area (Å²) in [5, 5.41) is 9.62. The summed E-state index contributed by atoms with van der Waals surface area (Å²) in [4.78, 5) is 13.5. The minimum absolute atomic E-state index is 0.273. The lowest BCUT2D eigenvalue weighted by Gasteiger charge is -2.14. The Bertz CT molecular complexity index is 213. The van der Waals surface area contributed by atoms with Crippen molar-refractivity contribution in [2.75, 3.05) is 13.1 Å². The van der Waals surface area contributed by atoms with Gasteiger partial charge in [-0.2, -0.15) is 0 Å². The summed E-state index contributed by atoms with van der Waals surface area (Å²) in [5.74, 6) is 0.875. The van der Waals surface area contributed by atoms with E-state index in [0.717, 1.165) is 25.8 Å². The van der Waals surface area contributed by atoms with E-state index in [1.54, 1.807) is 0 Å². The van der Waals surface area contributed by atoms with Gasteiger partial charge in [0.2, 0.25) is 5.91 Å². The number of hydrogen-bond acceptors (Lipinski definition) is 2. The summed E-state index contributed by atoms with van der Waals surface area (Å²) in [7, 11) is 0. The third-order valence-corrected chi connectivity index (χ3v) is 3.17. The van der Waals surface area contributed by atoms with Crippen LogP contribution in [0.4, 0.5) is 0 Å². The number of carbonyl (C=O) groups excluding carboxylic acids is 1. The Morgan fingerprint density at radius 1 is 1.46 bits per heavy atom. The van der Waals surface area contributed by atoms with Crippen LogP contribution in [-0.4, -0.2) is 35.1 Å². The lowest BCUT2D eigenvalue weighted by Crippen LogP contribution is -2.30. The van der Waals surface area contributed by atoms with Gasteiger partial charge in [-0.25, -0.2) is 0 Å². The molecule has 1 aliphatic carbocycles. The van der Waals surface area contributed by atoms with Gasteiger partial charge in [-0.15, -0.1) is 0 Å². The van der Waals surface area contributed by atoms with Crippen LogP contribution in [0.3, 0.4) is 0 Å². The van der Waals surface area contributed by atoms with Gasteiger partial charge < -0.3 is 10.0 Å². The summed E-state index contributed by atoms with van der Waals surface area (Å²) in [6.45, 7) is 3.40. The molecule has 3 heteroatoms. The predicted molar refractivity (Wildman–Crippen MR) is 49.1 cm³/mol. The third-order valence-electron chi connectivity index (χ3n) is 3.17. The number of aliphatic hydroxyl groups is 1. The minimum Gasteiger partial charge on any atom is -0.391 e. The number of carbonyl (C=O) groups is 1. The zero-order chi connectivity index (χ0) is 9.42. The molecule has 0 radical (unpaired) electrons. The number of rotatable bonds is 2. The molecule has 3 nitrogen and oxygen atoms in total. The fraction of sp³-hybridized carbons (Fsp3) is 0.900. The molecule has 2 atom stereocenters. The lowest BCUT2D eigenvalue weighted by atomic mass is 10.0. The smallest absolute Gasteiger partial charge is 0.225 e. The van der Waals surface area contributed by atoms with Crippen molar-refractivity contribution in [1.29, 1.82) is 0 Å². The fourth-order valence-corrected chi connectivity index (χ4v) is 2.02. The van der Waals surface area contributed by atoms with Crippen molar-refractivity contribution in [3.63, 3.8) is 0 Å². The van der Waals surface area contributed by atoms with E-state index in [1.165, 1.54) is 0 Å². The highest BCUT2D eigenvalue weighted by Gasteiger charge is 2.39. The number of hydrogen-bond donors (Lipinski definition) is 1. The highest BCUT2D eigenvalue weighted by molar-refractivity contribution is 5.81. The van der Waals surface area contributed by atoms with Crippen molar-refractivity contribution < 1.29 is 9.90 Å². The Balaban J connectivity index is 1.92. The van der Waals surface area contributed by atoms with Gasteiger partial charge in [-0.3, -0.25) is 4.79 Å². The molecule has 1 saturated heterocycles. The molecule has 0 aromatic heterocycles. The molecule has 2 aliphatic rings. The molecule has 1 aliphatic heterocycles. The maximum absolute atomic E-state index is 11.6. The zero-order valence-electron chi connectivity index (χ0n) is 8.07. The summed E-state index contributed by atoms with van der Waals surface area (Å²) >= 11 is 0. The first kappa shape index (κ1) is 9.00. The Morgan fingerprint density at radius 2 is 2.15 bits per heavy atom. The van der Waals surface area contributed by atoms with E-state index in [9.17, 15) is 9.90 Å². The predicted octanol–water partition coefficient (Wildman–Crippen LogP) is 0.626. The Morgan fingerprint density at radius 3 is 2.62 bits per heavy atom. The largest absolute Gasteiger partial charge is 0.391 e. The quantitative estimate of drug-likeness (QED) is 0.682. The summed E-state index contributed by atoms with van der Waals surface area (Å²) in [5.41, 5.74) is 0. The second-order valence-corrected chi connectivity index (χ2v) is 4.25. The maximum Gasteiger partial charge on any atom is 0.225 e. The van der Waals surface area contributed by atoms with Crippen LogP contribution in [0.2, 0.25) is 0 Å². The van der Waals surface area contributed by atoms with Crippen LogP contribution in [0.5, 0.6) is 0 Å². The van der Waals surface area contributed by atoms with Crippen LogP contribution in [0.1, 0.15) is 26.2 Å². The van der Waals surface area contributed by atoms with E-state index in [4.69, 9.17) is 0 Å². The van der Waals surface area contributed by atoms with Crippen LogP contribution < -0.4 is 0 Å². The average molecular weight is 183 g/mol. The van der Waals surface area contributed by atoms with E-state index in [2.05, 4.69) is 6.92 Å². The SMILES string of the molecule is CC[C@@H]1CN(C(=O)C2CC2)C[C@H]1O. The van der Waals surface area contributed by atoms with Gasteiger partial charge in [0.1, 0.15) is 0 Å². The van der Waals surface area contributed by atoms with Gasteiger partial charge in [-0.1, -0.05) is 6.92 Å². The summed E-state index contributed by atoms with van der Waals surface area (Å²) in [6, 6.07) is 0. The third kappa shape index (κ3) is 1.70. The fourth-order valence-electron chi connectivity index (χ4n) is 2.02. The first-order valence-corrected chi connectivity index (χ1v) is 5.19. The minimum atomic E-state index is -0.285. The van der Waals surface area contributed by atoms with Gasteiger partial charge in [0.25, 0.3) is 0 Å². The molecule has 74 valence electrons. The highest BCUT2D eigenvalue weighted by Crippen LogP contribution is 2.33. The van der Waals surface area contributed by atoms with Crippen molar-refractivity contribution in [1.82, 2.24) is 4.90 Å². The molecular weight excluding hydrogens is 166 g/mol. The Labute approximate surface area is 78.7 Å². The standard InChI is InChI=1S/C10H17NO2/c1-2-7-5-11(6-9(7)12)10(13)8-3-4-8/h7-9,12H,2-6H2,1H3/t7-,9-/m1/s1. The van der Waals surface area contributed by atoms with E-state index >= 15 is 0 Å². The lowest BCUT2D eigenvalue weighted by molar-refractivity contribution is -0.131.